The van der Waals surface area contributed by atoms with E-state index in [0.717, 1.165) is 56.1 Å². The molecular formula is C19H28N6O3S. The van der Waals surface area contributed by atoms with Crippen LogP contribution in [0.3, 0.4) is 0 Å². The van der Waals surface area contributed by atoms with Gasteiger partial charge in [0.15, 0.2) is 0 Å². The maximum atomic E-state index is 11.8. The van der Waals surface area contributed by atoms with Gasteiger partial charge in [-0.15, -0.1) is 0 Å². The molecule has 2 aliphatic rings. The molecule has 9 nitrogen and oxygen atoms in total. The summed E-state index contributed by atoms with van der Waals surface area (Å²) in [4.78, 5) is 10.8. The molecule has 4 rings (SSSR count). The number of rotatable bonds is 6. The van der Waals surface area contributed by atoms with Gasteiger partial charge in [0.2, 0.25) is 16.0 Å². The summed E-state index contributed by atoms with van der Waals surface area (Å²) < 4.78 is 34.7. The Labute approximate surface area is 171 Å². The van der Waals surface area contributed by atoms with Crippen LogP contribution in [0, 0.1) is 6.92 Å². The Morgan fingerprint density at radius 3 is 2.62 bits per heavy atom. The topological polar surface area (TPSA) is 102 Å². The lowest BCUT2D eigenvalue weighted by molar-refractivity contribution is 0.00601. The fourth-order valence-corrected chi connectivity index (χ4v) is 5.05. The van der Waals surface area contributed by atoms with Crippen molar-refractivity contribution in [1.82, 2.24) is 24.5 Å². The number of hydrogen-bond acceptors (Lipinski definition) is 7. The van der Waals surface area contributed by atoms with Crippen molar-refractivity contribution >= 4 is 16.0 Å². The second kappa shape index (κ2) is 8.37. The van der Waals surface area contributed by atoms with Gasteiger partial charge in [-0.05, 0) is 44.7 Å². The Morgan fingerprint density at radius 2 is 1.93 bits per heavy atom. The lowest BCUT2D eigenvalue weighted by Crippen LogP contribution is -2.47. The first-order chi connectivity index (χ1) is 13.9. The smallest absolute Gasteiger partial charge is 0.225 e. The monoisotopic (exact) mass is 420 g/mol. The summed E-state index contributed by atoms with van der Waals surface area (Å²) in [5.41, 5.74) is 2.08. The molecule has 2 atom stereocenters. The zero-order valence-corrected chi connectivity index (χ0v) is 17.7. The first-order valence-corrected chi connectivity index (χ1v) is 11.9. The molecule has 1 saturated heterocycles. The van der Waals surface area contributed by atoms with Crippen LogP contribution in [0.15, 0.2) is 24.5 Å². The Kier molecular flexibility index (Phi) is 5.84. The molecule has 0 unspecified atom stereocenters. The average molecular weight is 421 g/mol. The van der Waals surface area contributed by atoms with Crippen LogP contribution >= 0.6 is 0 Å². The molecule has 1 fully saturated rings. The number of nitrogens with one attached hydrogen (secondary N) is 1. The maximum Gasteiger partial charge on any atom is 0.225 e. The van der Waals surface area contributed by atoms with E-state index in [1.54, 1.807) is 12.4 Å². The van der Waals surface area contributed by atoms with Crippen LogP contribution in [0.2, 0.25) is 0 Å². The highest BCUT2D eigenvalue weighted by Gasteiger charge is 2.33. The molecule has 29 heavy (non-hydrogen) atoms. The number of anilines is 1. The largest absolute Gasteiger partial charge is 0.376 e. The van der Waals surface area contributed by atoms with E-state index in [1.165, 1.54) is 6.26 Å². The number of hydrogen-bond donors (Lipinski definition) is 1. The van der Waals surface area contributed by atoms with Gasteiger partial charge in [0.05, 0.1) is 30.7 Å². The van der Waals surface area contributed by atoms with E-state index in [4.69, 9.17) is 4.74 Å². The average Bonchev–Trinajstić information content (AvgIpc) is 3.07. The second-order valence-corrected chi connectivity index (χ2v) is 9.67. The van der Waals surface area contributed by atoms with Gasteiger partial charge in [-0.1, -0.05) is 0 Å². The van der Waals surface area contributed by atoms with Gasteiger partial charge in [-0.3, -0.25) is 4.68 Å². The minimum Gasteiger partial charge on any atom is -0.376 e. The van der Waals surface area contributed by atoms with E-state index in [1.807, 2.05) is 17.7 Å². The van der Waals surface area contributed by atoms with Gasteiger partial charge in [-0.25, -0.2) is 23.1 Å². The van der Waals surface area contributed by atoms with Crippen molar-refractivity contribution in [2.75, 3.05) is 30.9 Å². The molecule has 0 aromatic carbocycles. The maximum absolute atomic E-state index is 11.8. The highest BCUT2D eigenvalue weighted by molar-refractivity contribution is 7.88. The molecule has 0 aliphatic carbocycles. The molecule has 0 saturated carbocycles. The van der Waals surface area contributed by atoms with Crippen molar-refractivity contribution in [2.24, 2.45) is 0 Å². The number of aromatic nitrogens is 4. The zero-order chi connectivity index (χ0) is 20.4. The van der Waals surface area contributed by atoms with Crippen LogP contribution in [-0.4, -0.2) is 66.3 Å². The zero-order valence-electron chi connectivity index (χ0n) is 16.9. The molecule has 0 spiro atoms. The highest BCUT2D eigenvalue weighted by Crippen LogP contribution is 2.28. The number of fused-ring (bicyclic) bond motifs is 1. The first kappa shape index (κ1) is 20.2. The van der Waals surface area contributed by atoms with Crippen molar-refractivity contribution in [3.63, 3.8) is 0 Å². The van der Waals surface area contributed by atoms with Crippen LogP contribution in [0.4, 0.5) is 5.95 Å². The Morgan fingerprint density at radius 1 is 1.21 bits per heavy atom. The molecule has 2 aromatic rings. The van der Waals surface area contributed by atoms with E-state index in [0.29, 0.717) is 6.61 Å². The van der Waals surface area contributed by atoms with Crippen LogP contribution in [0.5, 0.6) is 0 Å². The fraction of sp³-hybridized carbons (Fsp3) is 0.632. The standard InChI is InChI=1S/C19H28N6O3S/c1-14-12-15-4-5-17(23-29(2,26)27)18(25(15)22-14)13-28-16-6-10-24(11-7-16)19-20-8-3-9-21-19/h3,8-9,12,16-18,23H,4-7,10-11,13H2,1-2H3/t17-,18-/m0/s1. The summed E-state index contributed by atoms with van der Waals surface area (Å²) in [6, 6.07) is 3.53. The van der Waals surface area contributed by atoms with Crippen molar-refractivity contribution < 1.29 is 13.2 Å². The molecule has 2 aliphatic heterocycles. The molecular weight excluding hydrogens is 392 g/mol. The van der Waals surface area contributed by atoms with Crippen LogP contribution in [0.25, 0.3) is 0 Å². The predicted molar refractivity (Wildman–Crippen MR) is 109 cm³/mol. The first-order valence-electron chi connectivity index (χ1n) is 10.0. The van der Waals surface area contributed by atoms with Crippen LogP contribution in [0.1, 0.15) is 36.7 Å². The second-order valence-electron chi connectivity index (χ2n) is 7.89. The molecule has 4 heterocycles. The molecule has 0 amide bonds. The number of piperidine rings is 1. The van der Waals surface area contributed by atoms with Gasteiger partial charge in [0, 0.05) is 37.2 Å². The number of nitrogens with zero attached hydrogens (tertiary/aromatic N) is 5. The van der Waals surface area contributed by atoms with Gasteiger partial charge < -0.3 is 9.64 Å². The lowest BCUT2D eigenvalue weighted by atomic mass is 9.98. The lowest BCUT2D eigenvalue weighted by Gasteiger charge is -2.36. The van der Waals surface area contributed by atoms with Crippen molar-refractivity contribution in [1.29, 1.82) is 0 Å². The molecule has 158 valence electrons. The summed E-state index contributed by atoms with van der Waals surface area (Å²) in [6.45, 7) is 4.09. The number of ether oxygens (including phenoxy) is 1. The third-order valence-electron chi connectivity index (χ3n) is 5.57. The van der Waals surface area contributed by atoms with Gasteiger partial charge in [0.25, 0.3) is 0 Å². The Bertz CT molecular complexity index is 925. The van der Waals surface area contributed by atoms with Gasteiger partial charge in [-0.2, -0.15) is 5.10 Å². The molecule has 2 aromatic heterocycles. The summed E-state index contributed by atoms with van der Waals surface area (Å²) >= 11 is 0. The quantitative estimate of drug-likeness (QED) is 0.746. The molecule has 0 radical (unpaired) electrons. The summed E-state index contributed by atoms with van der Waals surface area (Å²) in [5.74, 6) is 0.757. The summed E-state index contributed by atoms with van der Waals surface area (Å²) in [7, 11) is -3.30. The molecule has 1 N–H and O–H groups in total. The van der Waals surface area contributed by atoms with E-state index in [2.05, 4.69) is 30.8 Å². The van der Waals surface area contributed by atoms with E-state index >= 15 is 0 Å². The van der Waals surface area contributed by atoms with Crippen molar-refractivity contribution in [2.45, 2.75) is 50.8 Å². The third-order valence-corrected chi connectivity index (χ3v) is 6.30. The van der Waals surface area contributed by atoms with E-state index in [-0.39, 0.29) is 18.2 Å². The SMILES string of the molecule is Cc1cc2n(n1)[C@@H](COC1CCN(c3ncccn3)CC1)[C@@H](NS(C)(=O)=O)CC2. The predicted octanol–water partition coefficient (Wildman–Crippen LogP) is 1.07. The Balaban J connectivity index is 1.39. The summed E-state index contributed by atoms with van der Waals surface area (Å²) in [6.07, 6.45) is 8.18. The van der Waals surface area contributed by atoms with Crippen molar-refractivity contribution in [3.05, 3.63) is 35.9 Å². The van der Waals surface area contributed by atoms with Crippen LogP contribution < -0.4 is 9.62 Å². The number of sulfonamides is 1. The van der Waals surface area contributed by atoms with Crippen molar-refractivity contribution in [3.8, 4) is 0 Å². The molecule has 10 heteroatoms. The highest BCUT2D eigenvalue weighted by atomic mass is 32.2. The normalized spacial score (nSPS) is 23.2. The van der Waals surface area contributed by atoms with Gasteiger partial charge >= 0.3 is 0 Å². The number of aryl methyl sites for hydroxylation is 2. The minimum absolute atomic E-state index is 0.135. The molecule has 0 bridgehead atoms. The van der Waals surface area contributed by atoms with E-state index in [9.17, 15) is 8.42 Å². The summed E-state index contributed by atoms with van der Waals surface area (Å²) in [5, 5.41) is 4.61. The van der Waals surface area contributed by atoms with Crippen LogP contribution in [-0.2, 0) is 21.2 Å². The fourth-order valence-electron chi connectivity index (χ4n) is 4.22. The van der Waals surface area contributed by atoms with E-state index < -0.39 is 10.0 Å². The minimum atomic E-state index is -3.30. The van der Waals surface area contributed by atoms with Gasteiger partial charge in [0.1, 0.15) is 0 Å². The Hall–Kier alpha value is -2.04. The third kappa shape index (κ3) is 4.93.